The van der Waals surface area contributed by atoms with Crippen LogP contribution >= 0.6 is 0 Å². The number of nitrogens with one attached hydrogen (secondary N) is 1. The molecule has 5 nitrogen and oxygen atoms in total. The van der Waals surface area contributed by atoms with E-state index in [2.05, 4.69) is 10.5 Å². The Labute approximate surface area is 90.7 Å². The first-order valence-electron chi connectivity index (χ1n) is 5.35. The topological polar surface area (TPSA) is 79.9 Å². The van der Waals surface area contributed by atoms with Crippen molar-refractivity contribution in [1.29, 1.82) is 0 Å². The lowest BCUT2D eigenvalue weighted by Crippen LogP contribution is -2.37. The first-order chi connectivity index (χ1) is 7.06. The van der Waals surface area contributed by atoms with E-state index in [1.807, 2.05) is 13.8 Å². The van der Waals surface area contributed by atoms with Gasteiger partial charge in [-0.05, 0) is 19.4 Å². The normalized spacial score (nSPS) is 23.3. The van der Waals surface area contributed by atoms with Crippen molar-refractivity contribution < 1.29 is 9.94 Å². The second kappa shape index (κ2) is 5.32. The summed E-state index contributed by atoms with van der Waals surface area (Å²) in [6, 6.07) is 0.466. The van der Waals surface area contributed by atoms with Crippen molar-refractivity contribution in [3.63, 3.8) is 0 Å². The van der Waals surface area contributed by atoms with Crippen LogP contribution in [0.4, 0.5) is 0 Å². The van der Waals surface area contributed by atoms with E-state index >= 15 is 0 Å². The highest BCUT2D eigenvalue weighted by Gasteiger charge is 2.24. The maximum absolute atomic E-state index is 8.60. The van der Waals surface area contributed by atoms with Crippen LogP contribution in [-0.2, 0) is 4.74 Å². The van der Waals surface area contributed by atoms with Gasteiger partial charge in [0, 0.05) is 18.1 Å². The van der Waals surface area contributed by atoms with Gasteiger partial charge in [0.25, 0.3) is 0 Å². The van der Waals surface area contributed by atoms with E-state index < -0.39 is 0 Å². The van der Waals surface area contributed by atoms with E-state index in [4.69, 9.17) is 15.7 Å². The molecule has 4 N–H and O–H groups in total. The highest BCUT2D eigenvalue weighted by molar-refractivity contribution is 5.85. The fourth-order valence-electron chi connectivity index (χ4n) is 1.55. The SMILES string of the molecule is CC(C)(CCNC1CCOC1)C(N)=NO. The molecule has 1 rings (SSSR count). The van der Waals surface area contributed by atoms with Crippen LogP contribution in [0.1, 0.15) is 26.7 Å². The van der Waals surface area contributed by atoms with Crippen LogP contribution in [0, 0.1) is 5.41 Å². The average molecular weight is 215 g/mol. The molecule has 0 bridgehead atoms. The summed E-state index contributed by atoms with van der Waals surface area (Å²) in [5, 5.41) is 15.1. The van der Waals surface area contributed by atoms with Gasteiger partial charge in [0.15, 0.2) is 0 Å². The third kappa shape index (κ3) is 3.68. The molecule has 1 fully saturated rings. The van der Waals surface area contributed by atoms with Crippen LogP contribution in [-0.4, -0.2) is 36.8 Å². The van der Waals surface area contributed by atoms with Gasteiger partial charge in [0.2, 0.25) is 0 Å². The lowest BCUT2D eigenvalue weighted by atomic mass is 9.88. The summed E-state index contributed by atoms with van der Waals surface area (Å²) >= 11 is 0. The summed E-state index contributed by atoms with van der Waals surface area (Å²) < 4.78 is 5.26. The fourth-order valence-corrected chi connectivity index (χ4v) is 1.55. The maximum atomic E-state index is 8.60. The van der Waals surface area contributed by atoms with Gasteiger partial charge in [-0.2, -0.15) is 0 Å². The number of amidine groups is 1. The van der Waals surface area contributed by atoms with Crippen molar-refractivity contribution in [2.24, 2.45) is 16.3 Å². The molecule has 0 aromatic heterocycles. The zero-order valence-electron chi connectivity index (χ0n) is 9.49. The Balaban J connectivity index is 2.23. The molecule has 1 atom stereocenters. The lowest BCUT2D eigenvalue weighted by Gasteiger charge is -2.23. The molecule has 0 aromatic carbocycles. The Bertz CT molecular complexity index is 223. The second-order valence-electron chi connectivity index (χ2n) is 4.63. The molecule has 1 heterocycles. The minimum Gasteiger partial charge on any atom is -0.409 e. The van der Waals surface area contributed by atoms with E-state index in [-0.39, 0.29) is 11.3 Å². The summed E-state index contributed by atoms with van der Waals surface area (Å²) in [5.41, 5.74) is 5.33. The summed E-state index contributed by atoms with van der Waals surface area (Å²) in [6.45, 7) is 6.44. The Hall–Kier alpha value is -0.810. The van der Waals surface area contributed by atoms with Gasteiger partial charge in [0.1, 0.15) is 5.84 Å². The number of nitrogens with two attached hydrogens (primary N) is 1. The smallest absolute Gasteiger partial charge is 0.144 e. The number of ether oxygens (including phenoxy) is 1. The number of nitrogens with zero attached hydrogens (tertiary/aromatic N) is 1. The van der Waals surface area contributed by atoms with E-state index in [9.17, 15) is 0 Å². The fraction of sp³-hybridized carbons (Fsp3) is 0.900. The lowest BCUT2D eigenvalue weighted by molar-refractivity contribution is 0.189. The molecule has 0 saturated carbocycles. The molecule has 0 aromatic rings. The average Bonchev–Trinajstić information content (AvgIpc) is 2.69. The van der Waals surface area contributed by atoms with E-state index in [1.165, 1.54) is 0 Å². The summed E-state index contributed by atoms with van der Waals surface area (Å²) in [5.74, 6) is 0.284. The van der Waals surface area contributed by atoms with Gasteiger partial charge in [-0.3, -0.25) is 0 Å². The van der Waals surface area contributed by atoms with Crippen LogP contribution in [0.25, 0.3) is 0 Å². The highest BCUT2D eigenvalue weighted by atomic mass is 16.5. The Morgan fingerprint density at radius 1 is 1.67 bits per heavy atom. The largest absolute Gasteiger partial charge is 0.409 e. The summed E-state index contributed by atoms with van der Waals surface area (Å²) in [4.78, 5) is 0. The number of oxime groups is 1. The second-order valence-corrected chi connectivity index (χ2v) is 4.63. The third-order valence-corrected chi connectivity index (χ3v) is 2.91. The maximum Gasteiger partial charge on any atom is 0.144 e. The third-order valence-electron chi connectivity index (χ3n) is 2.91. The molecule has 0 amide bonds. The van der Waals surface area contributed by atoms with Gasteiger partial charge >= 0.3 is 0 Å². The number of rotatable bonds is 5. The van der Waals surface area contributed by atoms with E-state index in [0.29, 0.717) is 6.04 Å². The number of hydrogen-bond acceptors (Lipinski definition) is 4. The van der Waals surface area contributed by atoms with Crippen molar-refractivity contribution >= 4 is 5.84 Å². The van der Waals surface area contributed by atoms with E-state index in [1.54, 1.807) is 0 Å². The molecule has 15 heavy (non-hydrogen) atoms. The molecule has 1 aliphatic rings. The molecule has 1 saturated heterocycles. The highest BCUT2D eigenvalue weighted by Crippen LogP contribution is 2.19. The first-order valence-corrected chi connectivity index (χ1v) is 5.35. The van der Waals surface area contributed by atoms with Crippen molar-refractivity contribution in [2.45, 2.75) is 32.7 Å². The van der Waals surface area contributed by atoms with Crippen molar-refractivity contribution in [2.75, 3.05) is 19.8 Å². The van der Waals surface area contributed by atoms with Crippen LogP contribution in [0.3, 0.4) is 0 Å². The quantitative estimate of drug-likeness (QED) is 0.270. The first kappa shape index (κ1) is 12.3. The Morgan fingerprint density at radius 3 is 2.93 bits per heavy atom. The summed E-state index contributed by atoms with van der Waals surface area (Å²) in [6.07, 6.45) is 1.92. The van der Waals surface area contributed by atoms with Gasteiger partial charge < -0.3 is 21.0 Å². The zero-order chi connectivity index (χ0) is 11.3. The molecule has 1 aliphatic heterocycles. The van der Waals surface area contributed by atoms with Crippen LogP contribution in [0.5, 0.6) is 0 Å². The molecule has 5 heteroatoms. The molecular formula is C10H21N3O2. The molecule has 88 valence electrons. The van der Waals surface area contributed by atoms with Crippen LogP contribution in [0.2, 0.25) is 0 Å². The van der Waals surface area contributed by atoms with Gasteiger partial charge in [0.05, 0.1) is 6.61 Å². The van der Waals surface area contributed by atoms with Crippen molar-refractivity contribution in [3.05, 3.63) is 0 Å². The Morgan fingerprint density at radius 2 is 2.40 bits per heavy atom. The standard InChI is InChI=1S/C10H21N3O2/c1-10(2,9(11)13-14)4-5-12-8-3-6-15-7-8/h8,12,14H,3-7H2,1-2H3,(H2,11,13). The van der Waals surface area contributed by atoms with Gasteiger partial charge in [-0.15, -0.1) is 0 Å². The molecule has 0 radical (unpaired) electrons. The monoisotopic (exact) mass is 215 g/mol. The predicted molar refractivity (Wildman–Crippen MR) is 59.0 cm³/mol. The van der Waals surface area contributed by atoms with Gasteiger partial charge in [-0.25, -0.2) is 0 Å². The van der Waals surface area contributed by atoms with E-state index in [0.717, 1.165) is 32.6 Å². The molecule has 0 spiro atoms. The van der Waals surface area contributed by atoms with Crippen LogP contribution in [0.15, 0.2) is 5.16 Å². The predicted octanol–water partition coefficient (Wildman–Crippen LogP) is 0.528. The summed E-state index contributed by atoms with van der Waals surface area (Å²) in [7, 11) is 0. The minimum absolute atomic E-state index is 0.263. The van der Waals surface area contributed by atoms with Gasteiger partial charge in [-0.1, -0.05) is 19.0 Å². The van der Waals surface area contributed by atoms with Crippen molar-refractivity contribution in [1.82, 2.24) is 5.32 Å². The molecule has 0 aliphatic carbocycles. The number of hydrogen-bond donors (Lipinski definition) is 3. The minimum atomic E-state index is -0.263. The van der Waals surface area contributed by atoms with Crippen molar-refractivity contribution in [3.8, 4) is 0 Å². The van der Waals surface area contributed by atoms with Crippen LogP contribution < -0.4 is 11.1 Å². The Kier molecular flexibility index (Phi) is 4.35. The molecule has 1 unspecified atom stereocenters. The zero-order valence-corrected chi connectivity index (χ0v) is 9.49. The molecular weight excluding hydrogens is 194 g/mol.